The van der Waals surface area contributed by atoms with Crippen LogP contribution in [-0.4, -0.2) is 24.6 Å². The van der Waals surface area contributed by atoms with Gasteiger partial charge in [0.15, 0.2) is 12.4 Å². The average molecular weight is 225 g/mol. The van der Waals surface area contributed by atoms with E-state index in [1.165, 1.54) is 19.2 Å². The molecule has 0 aromatic heterocycles. The highest BCUT2D eigenvalue weighted by molar-refractivity contribution is 5.71. The average Bonchev–Trinajstić information content (AvgIpc) is 2.25. The lowest BCUT2D eigenvalue weighted by Gasteiger charge is -2.05. The molecule has 1 aromatic rings. The van der Waals surface area contributed by atoms with E-state index in [9.17, 15) is 14.9 Å². The lowest BCUT2D eigenvalue weighted by Crippen LogP contribution is -2.13. The monoisotopic (exact) mass is 225 g/mol. The maximum absolute atomic E-state index is 10.8. The third-order valence-electron chi connectivity index (χ3n) is 1.89. The van der Waals surface area contributed by atoms with Gasteiger partial charge in [0.05, 0.1) is 12.0 Å². The van der Waals surface area contributed by atoms with Crippen molar-refractivity contribution in [3.05, 3.63) is 33.9 Å². The molecule has 1 aromatic carbocycles. The molecular formula is C10H11NO5. The van der Waals surface area contributed by atoms with Crippen molar-refractivity contribution in [2.75, 3.05) is 13.7 Å². The number of carbonyl (C=O) groups is 1. The number of rotatable bonds is 4. The third-order valence-corrected chi connectivity index (χ3v) is 1.89. The summed E-state index contributed by atoms with van der Waals surface area (Å²) < 4.78 is 9.38. The van der Waals surface area contributed by atoms with Crippen LogP contribution in [0.5, 0.6) is 5.75 Å². The topological polar surface area (TPSA) is 78.7 Å². The minimum absolute atomic E-state index is 0.0652. The molecule has 0 saturated heterocycles. The third kappa shape index (κ3) is 2.94. The van der Waals surface area contributed by atoms with Crippen LogP contribution >= 0.6 is 0 Å². The molecule has 0 saturated carbocycles. The van der Waals surface area contributed by atoms with E-state index < -0.39 is 10.9 Å². The molecule has 0 N–H and O–H groups in total. The van der Waals surface area contributed by atoms with E-state index in [0.29, 0.717) is 0 Å². The summed E-state index contributed by atoms with van der Waals surface area (Å²) in [6.07, 6.45) is 0. The molecule has 0 radical (unpaired) electrons. The summed E-state index contributed by atoms with van der Waals surface area (Å²) in [4.78, 5) is 20.9. The quantitative estimate of drug-likeness (QED) is 0.440. The largest absolute Gasteiger partial charge is 0.475 e. The van der Waals surface area contributed by atoms with Crippen molar-refractivity contribution in [3.8, 4) is 5.75 Å². The molecule has 0 aliphatic heterocycles. The zero-order valence-corrected chi connectivity index (χ0v) is 8.93. The predicted molar refractivity (Wildman–Crippen MR) is 55.3 cm³/mol. The summed E-state index contributed by atoms with van der Waals surface area (Å²) in [6.45, 7) is 1.43. The standard InChI is InChI=1S/C10H11NO5/c1-7-3-4-8(11(13)14)9(5-7)16-6-10(12)15-2/h3-5H,6H2,1-2H3. The maximum Gasteiger partial charge on any atom is 0.343 e. The summed E-state index contributed by atoms with van der Waals surface area (Å²) >= 11 is 0. The number of nitrogens with zero attached hydrogens (tertiary/aromatic N) is 1. The van der Waals surface area contributed by atoms with Crippen molar-refractivity contribution in [1.82, 2.24) is 0 Å². The van der Waals surface area contributed by atoms with Crippen LogP contribution < -0.4 is 4.74 Å². The summed E-state index contributed by atoms with van der Waals surface area (Å²) in [5, 5.41) is 10.7. The Kier molecular flexibility index (Phi) is 3.82. The van der Waals surface area contributed by atoms with Gasteiger partial charge >= 0.3 is 11.7 Å². The van der Waals surface area contributed by atoms with Gasteiger partial charge in [-0.1, -0.05) is 6.07 Å². The number of hydrogen-bond donors (Lipinski definition) is 0. The molecule has 0 aliphatic rings. The second-order valence-corrected chi connectivity index (χ2v) is 3.09. The van der Waals surface area contributed by atoms with E-state index in [1.807, 2.05) is 0 Å². The normalized spacial score (nSPS) is 9.62. The lowest BCUT2D eigenvalue weighted by molar-refractivity contribution is -0.385. The van der Waals surface area contributed by atoms with Crippen LogP contribution in [0.25, 0.3) is 0 Å². The molecule has 0 heterocycles. The number of carbonyl (C=O) groups excluding carboxylic acids is 1. The van der Waals surface area contributed by atoms with Crippen molar-refractivity contribution >= 4 is 11.7 Å². The number of benzene rings is 1. The lowest BCUT2D eigenvalue weighted by atomic mass is 10.2. The molecule has 6 nitrogen and oxygen atoms in total. The van der Waals surface area contributed by atoms with Crippen LogP contribution in [0.15, 0.2) is 18.2 Å². The molecular weight excluding hydrogens is 214 g/mol. The van der Waals surface area contributed by atoms with E-state index in [4.69, 9.17) is 4.74 Å². The molecule has 0 spiro atoms. The Morgan fingerprint density at radius 1 is 1.50 bits per heavy atom. The summed E-state index contributed by atoms with van der Waals surface area (Å²) in [5.74, 6) is -0.522. The van der Waals surface area contributed by atoms with Gasteiger partial charge in [-0.15, -0.1) is 0 Å². The van der Waals surface area contributed by atoms with E-state index in [0.717, 1.165) is 5.56 Å². The maximum atomic E-state index is 10.8. The fourth-order valence-corrected chi connectivity index (χ4v) is 1.08. The zero-order chi connectivity index (χ0) is 12.1. The minimum atomic E-state index is -0.587. The van der Waals surface area contributed by atoms with Crippen LogP contribution in [-0.2, 0) is 9.53 Å². The first-order valence-corrected chi connectivity index (χ1v) is 4.49. The number of esters is 1. The number of methoxy groups -OCH3 is 1. The van der Waals surface area contributed by atoms with Gasteiger partial charge < -0.3 is 9.47 Å². The Hall–Kier alpha value is -2.11. The Morgan fingerprint density at radius 2 is 2.19 bits per heavy atom. The van der Waals surface area contributed by atoms with E-state index in [-0.39, 0.29) is 18.0 Å². The van der Waals surface area contributed by atoms with Gasteiger partial charge in [-0.3, -0.25) is 10.1 Å². The smallest absolute Gasteiger partial charge is 0.343 e. The highest BCUT2D eigenvalue weighted by atomic mass is 16.6. The van der Waals surface area contributed by atoms with Crippen LogP contribution in [0.2, 0.25) is 0 Å². The first-order valence-electron chi connectivity index (χ1n) is 4.49. The van der Waals surface area contributed by atoms with Crippen molar-refractivity contribution in [1.29, 1.82) is 0 Å². The number of ether oxygens (including phenoxy) is 2. The Balaban J connectivity index is 2.88. The molecule has 1 rings (SSSR count). The number of nitro groups is 1. The van der Waals surface area contributed by atoms with E-state index in [2.05, 4.69) is 4.74 Å². The van der Waals surface area contributed by atoms with Gasteiger partial charge in [0.25, 0.3) is 0 Å². The van der Waals surface area contributed by atoms with Crippen LogP contribution in [0.3, 0.4) is 0 Å². The molecule has 0 fully saturated rings. The van der Waals surface area contributed by atoms with Crippen LogP contribution in [0.4, 0.5) is 5.69 Å². The SMILES string of the molecule is COC(=O)COc1cc(C)ccc1[N+](=O)[O-]. The first kappa shape index (κ1) is 12.0. The molecule has 16 heavy (non-hydrogen) atoms. The molecule has 0 bridgehead atoms. The van der Waals surface area contributed by atoms with Crippen molar-refractivity contribution < 1.29 is 19.2 Å². The summed E-state index contributed by atoms with van der Waals surface area (Å²) in [5.41, 5.74) is 0.639. The van der Waals surface area contributed by atoms with Gasteiger partial charge in [0.1, 0.15) is 0 Å². The second kappa shape index (κ2) is 5.11. The summed E-state index contributed by atoms with van der Waals surface area (Å²) in [7, 11) is 1.22. The first-order chi connectivity index (χ1) is 7.54. The minimum Gasteiger partial charge on any atom is -0.475 e. The zero-order valence-electron chi connectivity index (χ0n) is 8.93. The molecule has 0 amide bonds. The van der Waals surface area contributed by atoms with Gasteiger partial charge in [0.2, 0.25) is 0 Å². The van der Waals surface area contributed by atoms with E-state index >= 15 is 0 Å². The fraction of sp³-hybridized carbons (Fsp3) is 0.300. The Labute approximate surface area is 91.9 Å². The number of nitro benzene ring substituents is 1. The van der Waals surface area contributed by atoms with Crippen molar-refractivity contribution in [2.45, 2.75) is 6.92 Å². The van der Waals surface area contributed by atoms with Gasteiger partial charge in [-0.05, 0) is 18.6 Å². The Bertz CT molecular complexity index is 416. The van der Waals surface area contributed by atoms with Gasteiger partial charge in [0, 0.05) is 6.07 Å². The molecule has 6 heteroatoms. The van der Waals surface area contributed by atoms with Crippen LogP contribution in [0.1, 0.15) is 5.56 Å². The fourth-order valence-electron chi connectivity index (χ4n) is 1.08. The second-order valence-electron chi connectivity index (χ2n) is 3.09. The molecule has 0 atom stereocenters. The Morgan fingerprint density at radius 3 is 2.75 bits per heavy atom. The molecule has 0 unspecified atom stereocenters. The van der Waals surface area contributed by atoms with Gasteiger partial charge in [-0.25, -0.2) is 4.79 Å². The predicted octanol–water partition coefficient (Wildman–Crippen LogP) is 1.46. The van der Waals surface area contributed by atoms with Crippen molar-refractivity contribution in [3.63, 3.8) is 0 Å². The molecule has 0 aliphatic carbocycles. The van der Waals surface area contributed by atoms with Gasteiger partial charge in [-0.2, -0.15) is 0 Å². The highest BCUT2D eigenvalue weighted by Crippen LogP contribution is 2.27. The highest BCUT2D eigenvalue weighted by Gasteiger charge is 2.15. The summed E-state index contributed by atoms with van der Waals surface area (Å²) in [6, 6.07) is 4.44. The van der Waals surface area contributed by atoms with Crippen molar-refractivity contribution in [2.24, 2.45) is 0 Å². The van der Waals surface area contributed by atoms with E-state index in [1.54, 1.807) is 13.0 Å². The van der Waals surface area contributed by atoms with Crippen LogP contribution in [0, 0.1) is 17.0 Å². The number of hydrogen-bond acceptors (Lipinski definition) is 5. The number of aryl methyl sites for hydroxylation is 1. The molecule has 86 valence electrons.